The molecule has 0 saturated carbocycles. The summed E-state index contributed by atoms with van der Waals surface area (Å²) in [6.45, 7) is 4.31. The van der Waals surface area contributed by atoms with Crippen LogP contribution in [0.4, 0.5) is 5.69 Å². The molecule has 2 rings (SSSR count). The van der Waals surface area contributed by atoms with Crippen LogP contribution in [0, 0.1) is 11.3 Å². The van der Waals surface area contributed by atoms with Crippen molar-refractivity contribution in [3.05, 3.63) is 28.8 Å². The lowest BCUT2D eigenvalue weighted by Crippen LogP contribution is -2.24. The van der Waals surface area contributed by atoms with Crippen LogP contribution >= 0.6 is 11.6 Å². The largest absolute Gasteiger partial charge is 0.384 e. The van der Waals surface area contributed by atoms with Crippen molar-refractivity contribution in [3.8, 4) is 0 Å². The van der Waals surface area contributed by atoms with Crippen molar-refractivity contribution in [1.29, 1.82) is 5.41 Å². The maximum Gasteiger partial charge on any atom is 0.124 e. The highest BCUT2D eigenvalue weighted by Gasteiger charge is 2.24. The fourth-order valence-electron chi connectivity index (χ4n) is 2.69. The van der Waals surface area contributed by atoms with Crippen molar-refractivity contribution in [1.82, 2.24) is 0 Å². The molecule has 0 bridgehead atoms. The Morgan fingerprint density at radius 3 is 3.00 bits per heavy atom. The lowest BCUT2D eigenvalue weighted by molar-refractivity contribution is 0.530. The van der Waals surface area contributed by atoms with Crippen LogP contribution in [0.15, 0.2) is 18.2 Å². The van der Waals surface area contributed by atoms with Gasteiger partial charge in [-0.1, -0.05) is 24.9 Å². The van der Waals surface area contributed by atoms with Crippen LogP contribution in [0.2, 0.25) is 5.02 Å². The van der Waals surface area contributed by atoms with Crippen LogP contribution in [0.3, 0.4) is 0 Å². The number of benzene rings is 1. The van der Waals surface area contributed by atoms with Crippen LogP contribution in [-0.4, -0.2) is 18.9 Å². The average Bonchev–Trinajstić information content (AvgIpc) is 2.77. The molecule has 0 aliphatic carbocycles. The van der Waals surface area contributed by atoms with Crippen LogP contribution in [0.25, 0.3) is 0 Å². The molecule has 1 unspecified atom stereocenters. The molecular weight excluding hydrogens is 246 g/mol. The molecule has 3 nitrogen and oxygen atoms in total. The van der Waals surface area contributed by atoms with Gasteiger partial charge in [-0.25, -0.2) is 0 Å². The van der Waals surface area contributed by atoms with Crippen LogP contribution in [0.1, 0.15) is 31.7 Å². The van der Waals surface area contributed by atoms with Crippen molar-refractivity contribution in [2.75, 3.05) is 18.0 Å². The predicted molar refractivity (Wildman–Crippen MR) is 77.7 cm³/mol. The fraction of sp³-hybridized carbons (Fsp3) is 0.500. The number of amidine groups is 1. The summed E-state index contributed by atoms with van der Waals surface area (Å²) < 4.78 is 0. The molecule has 1 heterocycles. The second kappa shape index (κ2) is 5.61. The van der Waals surface area contributed by atoms with Gasteiger partial charge in [0.2, 0.25) is 0 Å². The zero-order valence-corrected chi connectivity index (χ0v) is 11.5. The van der Waals surface area contributed by atoms with Gasteiger partial charge in [0, 0.05) is 29.4 Å². The highest BCUT2D eigenvalue weighted by Crippen LogP contribution is 2.31. The Hall–Kier alpha value is -1.22. The zero-order chi connectivity index (χ0) is 13.1. The smallest absolute Gasteiger partial charge is 0.124 e. The Labute approximate surface area is 113 Å². The normalized spacial score (nSPS) is 19.2. The van der Waals surface area contributed by atoms with Crippen molar-refractivity contribution >= 4 is 23.1 Å². The van der Waals surface area contributed by atoms with E-state index in [2.05, 4.69) is 11.8 Å². The molecule has 0 amide bonds. The Morgan fingerprint density at radius 2 is 2.33 bits per heavy atom. The highest BCUT2D eigenvalue weighted by molar-refractivity contribution is 6.31. The van der Waals surface area contributed by atoms with Gasteiger partial charge >= 0.3 is 0 Å². The van der Waals surface area contributed by atoms with Crippen LogP contribution in [0.5, 0.6) is 0 Å². The van der Waals surface area contributed by atoms with Crippen molar-refractivity contribution in [3.63, 3.8) is 0 Å². The molecule has 1 atom stereocenters. The first-order valence-corrected chi connectivity index (χ1v) is 6.88. The monoisotopic (exact) mass is 265 g/mol. The Kier molecular flexibility index (Phi) is 4.12. The number of nitrogens with one attached hydrogen (secondary N) is 1. The van der Waals surface area contributed by atoms with E-state index in [4.69, 9.17) is 22.7 Å². The second-order valence-corrected chi connectivity index (χ2v) is 5.40. The maximum atomic E-state index is 7.65. The first-order valence-electron chi connectivity index (χ1n) is 6.50. The minimum absolute atomic E-state index is 0.112. The number of nitrogens with zero attached hydrogens (tertiary/aromatic N) is 1. The third-order valence-electron chi connectivity index (χ3n) is 3.57. The minimum atomic E-state index is 0.112. The third-order valence-corrected chi connectivity index (χ3v) is 3.81. The van der Waals surface area contributed by atoms with E-state index in [1.54, 1.807) is 6.07 Å². The van der Waals surface area contributed by atoms with Crippen molar-refractivity contribution < 1.29 is 0 Å². The maximum absolute atomic E-state index is 7.65. The summed E-state index contributed by atoms with van der Waals surface area (Å²) >= 11 is 6.06. The molecular formula is C14H20ClN3. The third kappa shape index (κ3) is 2.78. The number of hydrogen-bond acceptors (Lipinski definition) is 2. The number of anilines is 1. The van der Waals surface area contributed by atoms with Gasteiger partial charge in [-0.05, 0) is 37.0 Å². The van der Waals surface area contributed by atoms with Crippen LogP contribution < -0.4 is 10.6 Å². The van der Waals surface area contributed by atoms with Gasteiger partial charge in [0.05, 0.1) is 0 Å². The Morgan fingerprint density at radius 1 is 1.56 bits per heavy atom. The summed E-state index contributed by atoms with van der Waals surface area (Å²) in [5.74, 6) is 0.870. The summed E-state index contributed by atoms with van der Waals surface area (Å²) in [6.07, 6.45) is 3.72. The molecule has 1 saturated heterocycles. The average molecular weight is 266 g/mol. The van der Waals surface area contributed by atoms with E-state index < -0.39 is 0 Å². The Bertz CT molecular complexity index is 445. The molecule has 3 N–H and O–H groups in total. The molecule has 0 radical (unpaired) electrons. The van der Waals surface area contributed by atoms with Crippen molar-refractivity contribution in [2.45, 2.75) is 26.2 Å². The SMILES string of the molecule is CCCC1CCN(c2cc(Cl)ccc2C(=N)N)C1. The molecule has 0 spiro atoms. The molecule has 1 aromatic rings. The second-order valence-electron chi connectivity index (χ2n) is 4.96. The summed E-state index contributed by atoms with van der Waals surface area (Å²) in [7, 11) is 0. The topological polar surface area (TPSA) is 53.1 Å². The summed E-state index contributed by atoms with van der Waals surface area (Å²) in [6, 6.07) is 5.56. The zero-order valence-electron chi connectivity index (χ0n) is 10.7. The van der Waals surface area contributed by atoms with E-state index in [9.17, 15) is 0 Å². The highest BCUT2D eigenvalue weighted by atomic mass is 35.5. The Balaban J connectivity index is 2.23. The quantitative estimate of drug-likeness (QED) is 0.649. The summed E-state index contributed by atoms with van der Waals surface area (Å²) in [5.41, 5.74) is 7.44. The van der Waals surface area contributed by atoms with E-state index in [0.29, 0.717) is 5.02 Å². The lowest BCUT2D eigenvalue weighted by Gasteiger charge is -2.22. The first-order chi connectivity index (χ1) is 8.61. The number of halogens is 1. The number of nitrogens with two attached hydrogens (primary N) is 1. The van der Waals surface area contributed by atoms with E-state index in [-0.39, 0.29) is 5.84 Å². The molecule has 1 aliphatic heterocycles. The van der Waals surface area contributed by atoms with Gasteiger partial charge in [-0.3, -0.25) is 5.41 Å². The first kappa shape index (κ1) is 13.2. The minimum Gasteiger partial charge on any atom is -0.384 e. The summed E-state index contributed by atoms with van der Waals surface area (Å²) in [5, 5.41) is 8.35. The number of rotatable bonds is 4. The van der Waals surface area contributed by atoms with Gasteiger partial charge in [-0.2, -0.15) is 0 Å². The molecule has 1 aliphatic rings. The van der Waals surface area contributed by atoms with Gasteiger partial charge in [0.25, 0.3) is 0 Å². The number of nitrogen functional groups attached to an aromatic ring is 1. The molecule has 1 aromatic carbocycles. The van der Waals surface area contributed by atoms with Crippen LogP contribution in [-0.2, 0) is 0 Å². The van der Waals surface area contributed by atoms with E-state index in [0.717, 1.165) is 30.3 Å². The van der Waals surface area contributed by atoms with E-state index in [1.807, 2.05) is 12.1 Å². The predicted octanol–water partition coefficient (Wildman–Crippen LogP) is 3.25. The van der Waals surface area contributed by atoms with Gasteiger partial charge in [0.1, 0.15) is 5.84 Å². The van der Waals surface area contributed by atoms with Gasteiger partial charge in [-0.15, -0.1) is 0 Å². The molecule has 18 heavy (non-hydrogen) atoms. The fourth-order valence-corrected chi connectivity index (χ4v) is 2.86. The standard InChI is InChI=1S/C14H20ClN3/c1-2-3-10-6-7-18(9-10)13-8-11(15)4-5-12(13)14(16)17/h4-5,8,10H,2-3,6-7,9H2,1H3,(H3,16,17). The molecule has 1 fully saturated rings. The molecule has 4 heteroatoms. The lowest BCUT2D eigenvalue weighted by atomic mass is 10.0. The summed E-state index contributed by atoms with van der Waals surface area (Å²) in [4.78, 5) is 2.31. The van der Waals surface area contributed by atoms with E-state index in [1.165, 1.54) is 19.3 Å². The number of hydrogen-bond donors (Lipinski definition) is 2. The van der Waals surface area contributed by atoms with Gasteiger partial charge < -0.3 is 10.6 Å². The van der Waals surface area contributed by atoms with Gasteiger partial charge in [0.15, 0.2) is 0 Å². The van der Waals surface area contributed by atoms with Crippen molar-refractivity contribution in [2.24, 2.45) is 11.7 Å². The van der Waals surface area contributed by atoms with E-state index >= 15 is 0 Å². The molecule has 0 aromatic heterocycles. The molecule has 98 valence electrons.